The highest BCUT2D eigenvalue weighted by Crippen LogP contribution is 2.22. The highest BCUT2D eigenvalue weighted by molar-refractivity contribution is 5.70. The molecule has 6 atom stereocenters. The molecule has 1 saturated heterocycles. The molecule has 10 heteroatoms. The van der Waals surface area contributed by atoms with Gasteiger partial charge in [-0.1, -0.05) is 104 Å². The molecule has 41 heavy (non-hydrogen) atoms. The zero-order chi connectivity index (χ0) is 30.3. The van der Waals surface area contributed by atoms with Crippen LogP contribution in [-0.4, -0.2) is 89.0 Å². The topological polar surface area (TPSA) is 152 Å². The van der Waals surface area contributed by atoms with Gasteiger partial charge in [-0.3, -0.25) is 9.59 Å². The molecule has 0 aromatic rings. The first-order valence-corrected chi connectivity index (χ1v) is 16.1. The van der Waals surface area contributed by atoms with Crippen LogP contribution in [0.1, 0.15) is 129 Å². The molecule has 1 heterocycles. The van der Waals surface area contributed by atoms with Crippen molar-refractivity contribution in [2.45, 2.75) is 166 Å². The Bertz CT molecular complexity index is 659. The minimum absolute atomic E-state index is 0.216. The predicted molar refractivity (Wildman–Crippen MR) is 155 cm³/mol. The maximum Gasteiger partial charge on any atom is 0.306 e. The fraction of sp³-hybridized carbons (Fsp3) is 0.935. The number of aliphatic hydroxyl groups is 4. The Labute approximate surface area is 247 Å². The average molecular weight is 591 g/mol. The van der Waals surface area contributed by atoms with Crippen molar-refractivity contribution < 1.29 is 49.0 Å². The summed E-state index contributed by atoms with van der Waals surface area (Å²) >= 11 is 0. The Kier molecular flexibility index (Phi) is 22.2. The molecule has 1 fully saturated rings. The normalized spacial score (nSPS) is 23.3. The zero-order valence-corrected chi connectivity index (χ0v) is 25.6. The van der Waals surface area contributed by atoms with Crippen molar-refractivity contribution in [3.63, 3.8) is 0 Å². The summed E-state index contributed by atoms with van der Waals surface area (Å²) in [5, 5.41) is 39.5. The third kappa shape index (κ3) is 17.4. The SMILES string of the molecule is CCCCCCCCCCCCCCCC(=O)OC(COC(=O)CCCCC)COC1OC(CO)C(O)C(O)C1O. The molecular formula is C31H58O10. The Morgan fingerprint density at radius 1 is 0.659 bits per heavy atom. The number of ether oxygens (including phenoxy) is 4. The van der Waals surface area contributed by atoms with Crippen LogP contribution in [-0.2, 0) is 28.5 Å². The second kappa shape index (κ2) is 24.2. The van der Waals surface area contributed by atoms with Crippen LogP contribution in [0.5, 0.6) is 0 Å². The van der Waals surface area contributed by atoms with Crippen molar-refractivity contribution in [3.05, 3.63) is 0 Å². The van der Waals surface area contributed by atoms with Crippen LogP contribution in [0.2, 0.25) is 0 Å². The largest absolute Gasteiger partial charge is 0.462 e. The van der Waals surface area contributed by atoms with Gasteiger partial charge in [0.15, 0.2) is 12.4 Å². The van der Waals surface area contributed by atoms with E-state index in [9.17, 15) is 30.0 Å². The number of esters is 2. The second-order valence-corrected chi connectivity index (χ2v) is 11.3. The fourth-order valence-electron chi connectivity index (χ4n) is 4.83. The summed E-state index contributed by atoms with van der Waals surface area (Å²) < 4.78 is 21.7. The van der Waals surface area contributed by atoms with Crippen molar-refractivity contribution in [2.24, 2.45) is 0 Å². The van der Waals surface area contributed by atoms with E-state index in [0.29, 0.717) is 12.8 Å². The number of rotatable bonds is 25. The molecule has 10 nitrogen and oxygen atoms in total. The van der Waals surface area contributed by atoms with E-state index in [2.05, 4.69) is 6.92 Å². The van der Waals surface area contributed by atoms with Crippen LogP contribution in [0.25, 0.3) is 0 Å². The van der Waals surface area contributed by atoms with Gasteiger partial charge in [-0.25, -0.2) is 0 Å². The standard InChI is InChI=1S/C31H58O10/c1-3-5-7-8-9-10-11-12-13-14-15-16-18-20-27(34)40-24(22-38-26(33)19-17-6-4-2)23-39-31-30(37)29(36)28(35)25(21-32)41-31/h24-25,28-32,35-37H,3-23H2,1-2H3. The Balaban J connectivity index is 2.38. The molecule has 0 amide bonds. The molecule has 242 valence electrons. The Morgan fingerprint density at radius 2 is 1.15 bits per heavy atom. The molecule has 1 rings (SSSR count). The molecule has 0 aliphatic carbocycles. The first-order chi connectivity index (χ1) is 19.8. The minimum Gasteiger partial charge on any atom is -0.462 e. The summed E-state index contributed by atoms with van der Waals surface area (Å²) in [6.07, 6.45) is 10.7. The third-order valence-corrected chi connectivity index (χ3v) is 7.49. The van der Waals surface area contributed by atoms with Gasteiger partial charge in [0.2, 0.25) is 0 Å². The van der Waals surface area contributed by atoms with Crippen molar-refractivity contribution in [2.75, 3.05) is 19.8 Å². The summed E-state index contributed by atoms with van der Waals surface area (Å²) in [5.41, 5.74) is 0. The molecule has 0 bridgehead atoms. The number of carbonyl (C=O) groups is 2. The molecule has 1 aliphatic heterocycles. The molecule has 4 N–H and O–H groups in total. The molecule has 0 saturated carbocycles. The lowest BCUT2D eigenvalue weighted by molar-refractivity contribution is -0.305. The number of carbonyl (C=O) groups excluding carboxylic acids is 2. The third-order valence-electron chi connectivity index (χ3n) is 7.49. The summed E-state index contributed by atoms with van der Waals surface area (Å²) in [6, 6.07) is 0. The monoisotopic (exact) mass is 590 g/mol. The lowest BCUT2D eigenvalue weighted by Crippen LogP contribution is -2.59. The van der Waals surface area contributed by atoms with E-state index in [-0.39, 0.29) is 26.1 Å². The van der Waals surface area contributed by atoms with E-state index in [1.807, 2.05) is 6.92 Å². The van der Waals surface area contributed by atoms with E-state index in [4.69, 9.17) is 18.9 Å². The van der Waals surface area contributed by atoms with E-state index in [0.717, 1.165) is 32.1 Å². The Morgan fingerprint density at radius 3 is 1.71 bits per heavy atom. The second-order valence-electron chi connectivity index (χ2n) is 11.3. The first-order valence-electron chi connectivity index (χ1n) is 16.1. The first kappa shape index (κ1) is 37.7. The van der Waals surface area contributed by atoms with Gasteiger partial charge in [0, 0.05) is 12.8 Å². The van der Waals surface area contributed by atoms with Crippen LogP contribution >= 0.6 is 0 Å². The summed E-state index contributed by atoms with van der Waals surface area (Å²) in [6.45, 7) is 3.20. The quantitative estimate of drug-likeness (QED) is 0.0893. The number of unbranched alkanes of at least 4 members (excludes halogenated alkanes) is 14. The van der Waals surface area contributed by atoms with Crippen LogP contribution < -0.4 is 0 Å². The van der Waals surface area contributed by atoms with Crippen LogP contribution in [0.15, 0.2) is 0 Å². The molecule has 1 aliphatic rings. The molecule has 0 aromatic heterocycles. The summed E-state index contributed by atoms with van der Waals surface area (Å²) in [5.74, 6) is -0.832. The predicted octanol–water partition coefficient (Wildman–Crippen LogP) is 4.32. The van der Waals surface area contributed by atoms with Gasteiger partial charge in [0.05, 0.1) is 13.2 Å². The van der Waals surface area contributed by atoms with Gasteiger partial charge in [-0.05, 0) is 12.8 Å². The van der Waals surface area contributed by atoms with E-state index in [1.165, 1.54) is 57.8 Å². The maximum atomic E-state index is 12.5. The van der Waals surface area contributed by atoms with E-state index >= 15 is 0 Å². The van der Waals surface area contributed by atoms with Gasteiger partial charge >= 0.3 is 11.9 Å². The molecule has 0 spiro atoms. The number of hydrogen-bond acceptors (Lipinski definition) is 10. The zero-order valence-electron chi connectivity index (χ0n) is 25.6. The fourth-order valence-corrected chi connectivity index (χ4v) is 4.83. The van der Waals surface area contributed by atoms with Crippen LogP contribution in [0.3, 0.4) is 0 Å². The molecule has 0 radical (unpaired) electrons. The smallest absolute Gasteiger partial charge is 0.306 e. The minimum atomic E-state index is -1.58. The van der Waals surface area contributed by atoms with Crippen LogP contribution in [0, 0.1) is 0 Å². The molecular weight excluding hydrogens is 532 g/mol. The molecule has 6 unspecified atom stereocenters. The van der Waals surface area contributed by atoms with Gasteiger partial charge in [-0.2, -0.15) is 0 Å². The van der Waals surface area contributed by atoms with Gasteiger partial charge in [0.1, 0.15) is 31.0 Å². The van der Waals surface area contributed by atoms with Crippen molar-refractivity contribution >= 4 is 11.9 Å². The Hall–Kier alpha value is -1.30. The number of aliphatic hydroxyl groups excluding tert-OH is 4. The molecule has 0 aromatic carbocycles. The summed E-state index contributed by atoms with van der Waals surface area (Å²) in [7, 11) is 0. The van der Waals surface area contributed by atoms with Crippen molar-refractivity contribution in [3.8, 4) is 0 Å². The van der Waals surface area contributed by atoms with Crippen LogP contribution in [0.4, 0.5) is 0 Å². The lowest BCUT2D eigenvalue weighted by atomic mass is 9.99. The van der Waals surface area contributed by atoms with Crippen molar-refractivity contribution in [1.82, 2.24) is 0 Å². The highest BCUT2D eigenvalue weighted by atomic mass is 16.7. The maximum absolute atomic E-state index is 12.5. The van der Waals surface area contributed by atoms with Gasteiger partial charge in [0.25, 0.3) is 0 Å². The van der Waals surface area contributed by atoms with Gasteiger partial charge < -0.3 is 39.4 Å². The van der Waals surface area contributed by atoms with Crippen molar-refractivity contribution in [1.29, 1.82) is 0 Å². The average Bonchev–Trinajstić information content (AvgIpc) is 2.96. The van der Waals surface area contributed by atoms with Gasteiger partial charge in [-0.15, -0.1) is 0 Å². The highest BCUT2D eigenvalue weighted by Gasteiger charge is 2.44. The number of hydrogen-bond donors (Lipinski definition) is 4. The lowest BCUT2D eigenvalue weighted by Gasteiger charge is -2.39. The van der Waals surface area contributed by atoms with E-state index < -0.39 is 55.4 Å². The summed E-state index contributed by atoms with van der Waals surface area (Å²) in [4.78, 5) is 24.6. The van der Waals surface area contributed by atoms with E-state index in [1.54, 1.807) is 0 Å².